The minimum absolute atomic E-state index is 0.0223. The van der Waals surface area contributed by atoms with Gasteiger partial charge < -0.3 is 10.1 Å². The van der Waals surface area contributed by atoms with E-state index in [0.29, 0.717) is 10.0 Å². The fourth-order valence-corrected chi connectivity index (χ4v) is 5.49. The van der Waals surface area contributed by atoms with Crippen LogP contribution in [0.25, 0.3) is 0 Å². The van der Waals surface area contributed by atoms with Crippen molar-refractivity contribution in [3.05, 3.63) is 52.0 Å². The van der Waals surface area contributed by atoms with Gasteiger partial charge in [0.05, 0.1) is 17.7 Å². The van der Waals surface area contributed by atoms with Crippen LogP contribution in [0.15, 0.2) is 41.3 Å². The van der Waals surface area contributed by atoms with Crippen LogP contribution >= 0.6 is 35.0 Å². The smallest absolute Gasteiger partial charge is 0.246 e. The largest absolute Gasteiger partial charge is 0.456 e. The van der Waals surface area contributed by atoms with Crippen LogP contribution in [0, 0.1) is 11.3 Å². The van der Waals surface area contributed by atoms with Crippen LogP contribution in [-0.2, 0) is 14.8 Å². The predicted octanol–water partition coefficient (Wildman–Crippen LogP) is 3.62. The number of halogens is 3. The summed E-state index contributed by atoms with van der Waals surface area (Å²) in [5.41, 5.74) is 0.158. The molecule has 1 fully saturated rings. The molecule has 0 bridgehead atoms. The zero-order valence-electron chi connectivity index (χ0n) is 16.9. The van der Waals surface area contributed by atoms with Gasteiger partial charge in [-0.15, -0.1) is 0 Å². The van der Waals surface area contributed by atoms with Crippen LogP contribution in [0.5, 0.6) is 11.5 Å². The minimum Gasteiger partial charge on any atom is -0.456 e. The third-order valence-electron chi connectivity index (χ3n) is 4.71. The van der Waals surface area contributed by atoms with Gasteiger partial charge in [0, 0.05) is 43.1 Å². The zero-order chi connectivity index (χ0) is 23.5. The fraction of sp³-hybridized carbons (Fsp3) is 0.300. The number of carbonyl (C=O) groups is 1. The average molecular weight is 518 g/mol. The molecule has 1 atom stereocenters. The van der Waals surface area contributed by atoms with E-state index in [1.54, 1.807) is 0 Å². The van der Waals surface area contributed by atoms with Crippen molar-refractivity contribution in [2.75, 3.05) is 26.2 Å². The zero-order valence-corrected chi connectivity index (χ0v) is 20.0. The summed E-state index contributed by atoms with van der Waals surface area (Å²) in [5.74, 6) is 0.0273. The van der Waals surface area contributed by atoms with Gasteiger partial charge in [-0.3, -0.25) is 4.79 Å². The van der Waals surface area contributed by atoms with Crippen LogP contribution in [-0.4, -0.2) is 55.3 Å². The lowest BCUT2D eigenvalue weighted by Gasteiger charge is -2.37. The van der Waals surface area contributed by atoms with E-state index in [9.17, 15) is 18.5 Å². The molecule has 1 heterocycles. The lowest BCUT2D eigenvalue weighted by molar-refractivity contribution is -0.119. The number of ether oxygens (including phenoxy) is 1. The van der Waals surface area contributed by atoms with Gasteiger partial charge in [-0.2, -0.15) is 9.57 Å². The number of nitriles is 1. The van der Waals surface area contributed by atoms with Crippen LogP contribution in [0.2, 0.25) is 10.0 Å². The molecule has 0 radical (unpaired) electrons. The lowest BCUT2D eigenvalue weighted by Crippen LogP contribution is -2.54. The Morgan fingerprint density at radius 2 is 1.91 bits per heavy atom. The number of nitrogens with one attached hydrogen (secondary N) is 1. The van der Waals surface area contributed by atoms with Crippen LogP contribution < -0.4 is 10.1 Å². The molecule has 1 saturated heterocycles. The Kier molecular flexibility index (Phi) is 7.88. The van der Waals surface area contributed by atoms with Gasteiger partial charge in [0.1, 0.15) is 16.4 Å². The Morgan fingerprint density at radius 1 is 1.22 bits per heavy atom. The summed E-state index contributed by atoms with van der Waals surface area (Å²) in [6, 6.07) is 10.1. The monoisotopic (exact) mass is 516 g/mol. The fourth-order valence-electron chi connectivity index (χ4n) is 3.17. The third-order valence-corrected chi connectivity index (χ3v) is 7.48. The first-order valence-electron chi connectivity index (χ1n) is 9.45. The molecule has 3 rings (SSSR count). The summed E-state index contributed by atoms with van der Waals surface area (Å²) in [4.78, 5) is 11.1. The maximum atomic E-state index is 13.5. The molecule has 0 aromatic heterocycles. The van der Waals surface area contributed by atoms with Crippen molar-refractivity contribution in [3.8, 4) is 17.6 Å². The molecule has 1 unspecified atom stereocenters. The van der Waals surface area contributed by atoms with Gasteiger partial charge in [0.2, 0.25) is 15.9 Å². The Bertz CT molecular complexity index is 1150. The van der Waals surface area contributed by atoms with Gasteiger partial charge in [-0.25, -0.2) is 12.8 Å². The van der Waals surface area contributed by atoms with Crippen molar-refractivity contribution in [2.45, 2.75) is 17.9 Å². The molecular formula is C20H19Cl3N4O4S. The molecule has 1 aliphatic heterocycles. The summed E-state index contributed by atoms with van der Waals surface area (Å²) >= 11 is 18.2. The van der Waals surface area contributed by atoms with E-state index in [0.717, 1.165) is 0 Å². The summed E-state index contributed by atoms with van der Waals surface area (Å²) in [7, 11) is -4.07. The van der Waals surface area contributed by atoms with Crippen LogP contribution in [0.4, 0.5) is 0 Å². The van der Waals surface area contributed by atoms with E-state index in [2.05, 4.69) is 5.32 Å². The maximum Gasteiger partial charge on any atom is 0.246 e. The molecule has 170 valence electrons. The molecule has 0 spiro atoms. The van der Waals surface area contributed by atoms with Crippen molar-refractivity contribution in [1.82, 2.24) is 14.0 Å². The number of nitrogens with zero attached hydrogens (tertiary/aromatic N) is 3. The molecule has 1 N–H and O–H groups in total. The van der Waals surface area contributed by atoms with E-state index in [1.165, 1.54) is 52.0 Å². The second-order valence-corrected chi connectivity index (χ2v) is 10.3. The Morgan fingerprint density at radius 3 is 2.53 bits per heavy atom. The molecule has 1 aliphatic rings. The standard InChI is InChI=1S/C20H19Cl3N4O4S/c1-13(28)25-11-17-12-26(4-5-27(17)23)32(29,30)20-6-14(10-24)2-3-19(20)31-18-8-15(21)7-16(22)9-18/h2-3,6-9,17H,4-5,11-12H2,1H3,(H,25,28). The molecule has 2 aromatic carbocycles. The van der Waals surface area contributed by atoms with Crippen molar-refractivity contribution in [2.24, 2.45) is 0 Å². The molecular weight excluding hydrogens is 499 g/mol. The summed E-state index contributed by atoms with van der Waals surface area (Å²) in [6.45, 7) is 1.98. The van der Waals surface area contributed by atoms with Gasteiger partial charge in [-0.1, -0.05) is 23.2 Å². The second-order valence-electron chi connectivity index (χ2n) is 7.06. The predicted molar refractivity (Wildman–Crippen MR) is 121 cm³/mol. The first kappa shape index (κ1) is 24.6. The molecule has 12 heteroatoms. The Hall–Kier alpha value is -2.06. The first-order chi connectivity index (χ1) is 15.1. The van der Waals surface area contributed by atoms with Gasteiger partial charge in [-0.05, 0) is 48.2 Å². The van der Waals surface area contributed by atoms with Crippen molar-refractivity contribution in [1.29, 1.82) is 5.26 Å². The topological polar surface area (TPSA) is 103 Å². The molecule has 1 amide bonds. The highest BCUT2D eigenvalue weighted by Gasteiger charge is 2.35. The lowest BCUT2D eigenvalue weighted by atomic mass is 10.2. The normalized spacial score (nSPS) is 17.5. The number of hydrogen-bond acceptors (Lipinski definition) is 6. The molecule has 0 saturated carbocycles. The van der Waals surface area contributed by atoms with Crippen LogP contribution in [0.3, 0.4) is 0 Å². The van der Waals surface area contributed by atoms with Crippen LogP contribution in [0.1, 0.15) is 12.5 Å². The first-order valence-corrected chi connectivity index (χ1v) is 12.0. The SMILES string of the molecule is CC(=O)NCC1CN(S(=O)(=O)c2cc(C#N)ccc2Oc2cc(Cl)cc(Cl)c2)CCN1Cl. The second kappa shape index (κ2) is 10.3. The average Bonchev–Trinajstić information content (AvgIpc) is 2.72. The third kappa shape index (κ3) is 5.84. The minimum atomic E-state index is -4.07. The Balaban J connectivity index is 1.95. The quantitative estimate of drug-likeness (QED) is 0.587. The summed E-state index contributed by atoms with van der Waals surface area (Å²) in [6.07, 6.45) is 0. The van der Waals surface area contributed by atoms with E-state index in [-0.39, 0.29) is 54.0 Å². The summed E-state index contributed by atoms with van der Waals surface area (Å²) < 4.78 is 35.6. The van der Waals surface area contributed by atoms with E-state index >= 15 is 0 Å². The number of piperazine rings is 1. The Labute approximate surface area is 201 Å². The highest BCUT2D eigenvalue weighted by molar-refractivity contribution is 7.89. The van der Waals surface area contributed by atoms with E-state index in [4.69, 9.17) is 39.7 Å². The van der Waals surface area contributed by atoms with E-state index in [1.807, 2.05) is 6.07 Å². The number of hydrogen-bond donors (Lipinski definition) is 1. The van der Waals surface area contributed by atoms with Crippen molar-refractivity contribution < 1.29 is 17.9 Å². The van der Waals surface area contributed by atoms with Crippen molar-refractivity contribution in [3.63, 3.8) is 0 Å². The number of benzene rings is 2. The highest BCUT2D eigenvalue weighted by Crippen LogP contribution is 2.34. The number of carbonyl (C=O) groups excluding carboxylic acids is 1. The number of sulfonamides is 1. The molecule has 32 heavy (non-hydrogen) atoms. The molecule has 8 nitrogen and oxygen atoms in total. The van der Waals surface area contributed by atoms with Gasteiger partial charge >= 0.3 is 0 Å². The highest BCUT2D eigenvalue weighted by atomic mass is 35.5. The number of rotatable bonds is 6. The van der Waals surface area contributed by atoms with Gasteiger partial charge in [0.25, 0.3) is 0 Å². The summed E-state index contributed by atoms with van der Waals surface area (Å²) in [5, 5.41) is 12.6. The molecule has 0 aliphatic carbocycles. The van der Waals surface area contributed by atoms with Gasteiger partial charge in [0.15, 0.2) is 0 Å². The number of amides is 1. The van der Waals surface area contributed by atoms with Crippen molar-refractivity contribution >= 4 is 50.9 Å². The maximum absolute atomic E-state index is 13.5. The van der Waals surface area contributed by atoms with E-state index < -0.39 is 16.1 Å². The molecule has 2 aromatic rings.